The number of hydrogen-bond acceptors (Lipinski definition) is 4. The van der Waals surface area contributed by atoms with Crippen LogP contribution in [0, 0.1) is 0 Å². The molecule has 4 nitrogen and oxygen atoms in total. The van der Waals surface area contributed by atoms with Crippen LogP contribution >= 0.6 is 0 Å². The first kappa shape index (κ1) is 40.3. The molecule has 0 spiro atoms. The maximum absolute atomic E-state index is 12.5. The third kappa shape index (κ3) is 7.07. The minimum atomic E-state index is -0.748. The highest BCUT2D eigenvalue weighted by Crippen LogP contribution is 2.48. The molecule has 10 aromatic rings. The maximum Gasteiger partial charge on any atom is 0.132 e. The fourth-order valence-electron chi connectivity index (χ4n) is 9.00. The summed E-state index contributed by atoms with van der Waals surface area (Å²) >= 11 is 0. The molecule has 0 saturated carbocycles. The van der Waals surface area contributed by atoms with Crippen molar-refractivity contribution in [3.8, 4) is 56.0 Å². The number of aliphatic imine (C=N–C) groups is 2. The van der Waals surface area contributed by atoms with E-state index in [0.29, 0.717) is 11.1 Å². The van der Waals surface area contributed by atoms with Crippen LogP contribution in [0.15, 0.2) is 204 Å². The molecule has 0 atom stereocenters. The lowest BCUT2D eigenvalue weighted by Crippen LogP contribution is -2.42. The average Bonchev–Trinajstić information content (AvgIpc) is 3.33. The minimum absolute atomic E-state index is 0.171. The largest absolute Gasteiger partial charge is 0.507 e. The van der Waals surface area contributed by atoms with E-state index in [0.717, 1.165) is 87.6 Å². The zero-order valence-electron chi connectivity index (χ0n) is 36.4. The molecule has 0 radical (unpaired) electrons. The van der Waals surface area contributed by atoms with Crippen molar-refractivity contribution < 1.29 is 10.2 Å². The Labute approximate surface area is 374 Å². The zero-order valence-corrected chi connectivity index (χ0v) is 36.4. The molecule has 0 amide bonds. The van der Waals surface area contributed by atoms with E-state index in [-0.39, 0.29) is 11.5 Å². The second-order valence-corrected chi connectivity index (χ2v) is 17.6. The predicted octanol–water partition coefficient (Wildman–Crippen LogP) is 15.5. The van der Waals surface area contributed by atoms with Gasteiger partial charge in [0.2, 0.25) is 0 Å². The Balaban J connectivity index is 1.08. The van der Waals surface area contributed by atoms with E-state index < -0.39 is 11.1 Å². The van der Waals surface area contributed by atoms with Crippen LogP contribution in [-0.2, 0) is 0 Å². The zero-order chi connectivity index (χ0) is 44.0. The summed E-state index contributed by atoms with van der Waals surface area (Å²) in [6.45, 7) is 8.25. The molecule has 0 aliphatic heterocycles. The number of phenols is 2. The Morgan fingerprint density at radius 2 is 0.656 bits per heavy atom. The average molecular weight is 829 g/mol. The van der Waals surface area contributed by atoms with Gasteiger partial charge in [-0.2, -0.15) is 0 Å². The number of phenolic OH excluding ortho intramolecular Hbond substituents is 2. The molecule has 0 aliphatic rings. The summed E-state index contributed by atoms with van der Waals surface area (Å²) < 4.78 is 0. The molecular weight excluding hydrogens is 781 g/mol. The fourth-order valence-corrected chi connectivity index (χ4v) is 9.00. The lowest BCUT2D eigenvalue weighted by molar-refractivity contribution is 0.317. The highest BCUT2D eigenvalue weighted by atomic mass is 16.3. The number of benzene rings is 10. The van der Waals surface area contributed by atoms with Gasteiger partial charge in [-0.05, 0) is 105 Å². The van der Waals surface area contributed by atoms with Gasteiger partial charge in [0.05, 0.1) is 11.1 Å². The van der Waals surface area contributed by atoms with Gasteiger partial charge in [-0.15, -0.1) is 0 Å². The van der Waals surface area contributed by atoms with Gasteiger partial charge in [-0.1, -0.05) is 182 Å². The molecule has 4 heteroatoms. The van der Waals surface area contributed by atoms with Crippen molar-refractivity contribution in [3.05, 3.63) is 205 Å². The smallest absolute Gasteiger partial charge is 0.132 e. The van der Waals surface area contributed by atoms with Crippen LogP contribution in [0.1, 0.15) is 38.8 Å². The van der Waals surface area contributed by atoms with Crippen molar-refractivity contribution in [2.75, 3.05) is 0 Å². The van der Waals surface area contributed by atoms with E-state index >= 15 is 0 Å². The van der Waals surface area contributed by atoms with Crippen LogP contribution in [-0.4, -0.2) is 33.7 Å². The number of fused-ring (bicyclic) bond motifs is 4. The fraction of sp³-hybridized carbons (Fsp3) is 0.100. The SMILES string of the molecule is CC(C)(N=Cc1cc2ccccc2c(-c2c(-c3ccccc3)ccc3ccccc23)c1O)C(C)(C)N=Cc1cc2ccccc2c(-c2c(-c3ccccc3)ccc3ccccc23)c1O. The lowest BCUT2D eigenvalue weighted by atomic mass is 9.83. The van der Waals surface area contributed by atoms with Crippen LogP contribution < -0.4 is 0 Å². The second kappa shape index (κ2) is 16.1. The molecule has 0 fully saturated rings. The van der Waals surface area contributed by atoms with Crippen molar-refractivity contribution in [2.24, 2.45) is 9.98 Å². The highest BCUT2D eigenvalue weighted by Gasteiger charge is 2.36. The number of nitrogens with zero attached hydrogens (tertiary/aromatic N) is 2. The Morgan fingerprint density at radius 1 is 0.344 bits per heavy atom. The van der Waals surface area contributed by atoms with E-state index in [4.69, 9.17) is 9.98 Å². The molecule has 0 aliphatic carbocycles. The molecule has 10 aromatic carbocycles. The quantitative estimate of drug-likeness (QED) is 0.142. The third-order valence-corrected chi connectivity index (χ3v) is 13.2. The van der Waals surface area contributed by atoms with Gasteiger partial charge in [0.1, 0.15) is 11.5 Å². The number of aromatic hydroxyl groups is 2. The highest BCUT2D eigenvalue weighted by molar-refractivity contribution is 6.16. The van der Waals surface area contributed by atoms with Crippen LogP contribution in [0.5, 0.6) is 11.5 Å². The first-order chi connectivity index (χ1) is 31.1. The molecule has 0 heterocycles. The molecule has 2 N–H and O–H groups in total. The van der Waals surface area contributed by atoms with Crippen LogP contribution in [0.2, 0.25) is 0 Å². The van der Waals surface area contributed by atoms with Gasteiger partial charge in [-0.25, -0.2) is 0 Å². The molecule has 310 valence electrons. The normalized spacial score (nSPS) is 12.4. The van der Waals surface area contributed by atoms with Crippen molar-refractivity contribution in [1.82, 2.24) is 0 Å². The summed E-state index contributed by atoms with van der Waals surface area (Å²) in [4.78, 5) is 10.4. The van der Waals surface area contributed by atoms with Crippen molar-refractivity contribution in [3.63, 3.8) is 0 Å². The summed E-state index contributed by atoms with van der Waals surface area (Å²) in [7, 11) is 0. The van der Waals surface area contributed by atoms with E-state index in [1.165, 1.54) is 0 Å². The van der Waals surface area contributed by atoms with Gasteiger partial charge in [-0.3, -0.25) is 9.98 Å². The second-order valence-electron chi connectivity index (χ2n) is 17.6. The Kier molecular flexibility index (Phi) is 10.2. The molecule has 0 aromatic heterocycles. The lowest BCUT2D eigenvalue weighted by Gasteiger charge is -2.35. The Morgan fingerprint density at radius 3 is 1.03 bits per heavy atom. The van der Waals surface area contributed by atoms with Crippen molar-refractivity contribution in [2.45, 2.75) is 38.8 Å². The molecule has 64 heavy (non-hydrogen) atoms. The van der Waals surface area contributed by atoms with E-state index in [2.05, 4.69) is 173 Å². The first-order valence-corrected chi connectivity index (χ1v) is 21.8. The summed E-state index contributed by atoms with van der Waals surface area (Å²) in [5.74, 6) is 0.343. The topological polar surface area (TPSA) is 65.2 Å². The van der Waals surface area contributed by atoms with Gasteiger partial charge in [0.25, 0.3) is 0 Å². The van der Waals surface area contributed by atoms with Gasteiger partial charge < -0.3 is 10.2 Å². The summed E-state index contributed by atoms with van der Waals surface area (Å²) in [5.41, 5.74) is 7.48. The number of hydrogen-bond donors (Lipinski definition) is 2. The standard InChI is InChI=1S/C60H48N2O2/c1-59(2,61-37-45-35-43-25-13-17-29-49(43)55(57(45)63)53-47-27-15-11-23-41(47)31-33-51(53)39-19-7-5-8-20-39)60(3,4)62-38-46-36-44-26-14-18-30-50(44)56(58(46)64)54-48-28-16-12-24-42(48)32-34-52(54)40-21-9-6-10-22-40/h5-38,63-64H,1-4H3. The Bertz CT molecular complexity index is 3220. The predicted molar refractivity (Wildman–Crippen MR) is 271 cm³/mol. The molecule has 0 bridgehead atoms. The van der Waals surface area contributed by atoms with Crippen LogP contribution in [0.4, 0.5) is 0 Å². The summed E-state index contributed by atoms with van der Waals surface area (Å²) in [6.07, 6.45) is 3.60. The monoisotopic (exact) mass is 828 g/mol. The van der Waals surface area contributed by atoms with Gasteiger partial charge in [0.15, 0.2) is 0 Å². The van der Waals surface area contributed by atoms with Gasteiger partial charge >= 0.3 is 0 Å². The third-order valence-electron chi connectivity index (χ3n) is 13.2. The van der Waals surface area contributed by atoms with Crippen molar-refractivity contribution >= 4 is 55.5 Å². The summed E-state index contributed by atoms with van der Waals surface area (Å²) in [5, 5.41) is 33.2. The molecular formula is C60H48N2O2. The number of rotatable bonds is 9. The van der Waals surface area contributed by atoms with Crippen LogP contribution in [0.3, 0.4) is 0 Å². The van der Waals surface area contributed by atoms with Crippen molar-refractivity contribution in [1.29, 1.82) is 0 Å². The van der Waals surface area contributed by atoms with E-state index in [1.807, 2.05) is 48.5 Å². The molecule has 10 rings (SSSR count). The van der Waals surface area contributed by atoms with Crippen LogP contribution in [0.25, 0.3) is 87.6 Å². The molecule has 0 saturated heterocycles. The maximum atomic E-state index is 12.5. The summed E-state index contributed by atoms with van der Waals surface area (Å²) in [6, 6.07) is 66.6. The first-order valence-electron chi connectivity index (χ1n) is 21.8. The van der Waals surface area contributed by atoms with E-state index in [1.54, 1.807) is 12.4 Å². The minimum Gasteiger partial charge on any atom is -0.507 e. The van der Waals surface area contributed by atoms with E-state index in [9.17, 15) is 10.2 Å². The molecule has 0 unspecified atom stereocenters. The van der Waals surface area contributed by atoms with Gasteiger partial charge in [0, 0.05) is 45.8 Å². The Hall–Kier alpha value is -7.82.